The van der Waals surface area contributed by atoms with E-state index in [9.17, 15) is 19.5 Å². The number of imide groups is 1. The zero-order valence-electron chi connectivity index (χ0n) is 16.8. The lowest BCUT2D eigenvalue weighted by Gasteiger charge is -2.51. The van der Waals surface area contributed by atoms with Gasteiger partial charge in [-0.3, -0.25) is 9.59 Å². The Labute approximate surface area is 178 Å². The standard InChI is InChI=1S/C26H19NO4/c1-26-21-18-8-4-2-6-16(18)20(17-7-3-5-9-19(17)21)22(26)23(28)27(25(26)31)15-12-10-14(11-13-15)24(29)30/h2-13,20-22H,1H3,(H,29,30)/t20?,21?,22-,26+/m0/s1. The number of rotatable bonds is 2. The van der Waals surface area contributed by atoms with Gasteiger partial charge in [0.1, 0.15) is 0 Å². The predicted octanol–water partition coefficient (Wildman–Crippen LogP) is 4.17. The Morgan fingerprint density at radius 2 is 1.35 bits per heavy atom. The molecular weight excluding hydrogens is 390 g/mol. The smallest absolute Gasteiger partial charge is 0.335 e. The maximum atomic E-state index is 13.9. The first kappa shape index (κ1) is 18.1. The van der Waals surface area contributed by atoms with Crippen molar-refractivity contribution in [2.45, 2.75) is 18.8 Å². The molecule has 2 atom stereocenters. The first-order valence-electron chi connectivity index (χ1n) is 10.3. The molecule has 5 heteroatoms. The molecule has 1 heterocycles. The average Bonchev–Trinajstić information content (AvgIpc) is 2.99. The second-order valence-corrected chi connectivity index (χ2v) is 8.76. The van der Waals surface area contributed by atoms with Crippen LogP contribution < -0.4 is 4.90 Å². The molecule has 1 saturated heterocycles. The van der Waals surface area contributed by atoms with Gasteiger partial charge >= 0.3 is 5.97 Å². The molecule has 7 rings (SSSR count). The molecule has 0 unspecified atom stereocenters. The summed E-state index contributed by atoms with van der Waals surface area (Å²) in [6.07, 6.45) is 0. The van der Waals surface area contributed by atoms with Crippen molar-refractivity contribution in [2.75, 3.05) is 4.90 Å². The third-order valence-electron chi connectivity index (χ3n) is 7.39. The minimum Gasteiger partial charge on any atom is -0.478 e. The maximum absolute atomic E-state index is 13.9. The molecule has 1 N–H and O–H groups in total. The van der Waals surface area contributed by atoms with E-state index in [1.165, 1.54) is 17.0 Å². The first-order chi connectivity index (χ1) is 14.9. The van der Waals surface area contributed by atoms with Crippen molar-refractivity contribution < 1.29 is 19.5 Å². The highest BCUT2D eigenvalue weighted by Crippen LogP contribution is 2.67. The van der Waals surface area contributed by atoms with Gasteiger partial charge in [-0.05, 0) is 53.4 Å². The Hall–Kier alpha value is -3.73. The van der Waals surface area contributed by atoms with E-state index in [1.54, 1.807) is 12.1 Å². The van der Waals surface area contributed by atoms with Crippen LogP contribution in [-0.4, -0.2) is 22.9 Å². The van der Waals surface area contributed by atoms with Crippen LogP contribution >= 0.6 is 0 Å². The molecule has 3 aliphatic carbocycles. The van der Waals surface area contributed by atoms with E-state index in [-0.39, 0.29) is 29.2 Å². The van der Waals surface area contributed by atoms with Crippen molar-refractivity contribution in [2.24, 2.45) is 11.3 Å². The van der Waals surface area contributed by atoms with Gasteiger partial charge in [-0.2, -0.15) is 0 Å². The number of carboxylic acid groups (broad SMARTS) is 1. The molecule has 4 aliphatic rings. The van der Waals surface area contributed by atoms with Crippen molar-refractivity contribution in [3.63, 3.8) is 0 Å². The van der Waals surface area contributed by atoms with Crippen LogP contribution in [0.2, 0.25) is 0 Å². The van der Waals surface area contributed by atoms with E-state index in [0.29, 0.717) is 5.69 Å². The highest BCUT2D eigenvalue weighted by molar-refractivity contribution is 6.25. The number of aromatic carboxylic acids is 1. The van der Waals surface area contributed by atoms with Gasteiger partial charge < -0.3 is 5.11 Å². The van der Waals surface area contributed by atoms with Crippen molar-refractivity contribution in [3.05, 3.63) is 101 Å². The lowest BCUT2D eigenvalue weighted by Crippen LogP contribution is -2.49. The molecule has 3 aromatic carbocycles. The normalized spacial score (nSPS) is 27.6. The molecule has 1 aliphatic heterocycles. The van der Waals surface area contributed by atoms with Gasteiger partial charge in [0.2, 0.25) is 11.8 Å². The summed E-state index contributed by atoms with van der Waals surface area (Å²) in [5.74, 6) is -2.35. The summed E-state index contributed by atoms with van der Waals surface area (Å²) in [7, 11) is 0. The largest absolute Gasteiger partial charge is 0.478 e. The molecule has 5 nitrogen and oxygen atoms in total. The van der Waals surface area contributed by atoms with Crippen LogP contribution in [0.4, 0.5) is 5.69 Å². The molecule has 0 aromatic heterocycles. The lowest BCUT2D eigenvalue weighted by atomic mass is 9.48. The third-order valence-corrected chi connectivity index (χ3v) is 7.39. The van der Waals surface area contributed by atoms with E-state index in [1.807, 2.05) is 31.2 Å². The van der Waals surface area contributed by atoms with Gasteiger partial charge in [0, 0.05) is 11.8 Å². The summed E-state index contributed by atoms with van der Waals surface area (Å²) in [4.78, 5) is 40.2. The molecule has 0 radical (unpaired) electrons. The van der Waals surface area contributed by atoms with E-state index >= 15 is 0 Å². The van der Waals surface area contributed by atoms with E-state index in [0.717, 1.165) is 22.3 Å². The Kier molecular flexibility index (Phi) is 3.45. The van der Waals surface area contributed by atoms with Crippen molar-refractivity contribution in [3.8, 4) is 0 Å². The molecule has 2 bridgehead atoms. The quantitative estimate of drug-likeness (QED) is 0.645. The molecule has 0 spiro atoms. The fourth-order valence-electron chi connectivity index (χ4n) is 6.11. The van der Waals surface area contributed by atoms with Gasteiger partial charge in [0.15, 0.2) is 0 Å². The summed E-state index contributed by atoms with van der Waals surface area (Å²) in [5, 5.41) is 9.19. The summed E-state index contributed by atoms with van der Waals surface area (Å²) in [5.41, 5.74) is 4.13. The second kappa shape index (κ2) is 5.91. The zero-order chi connectivity index (χ0) is 21.5. The molecule has 31 heavy (non-hydrogen) atoms. The highest BCUT2D eigenvalue weighted by Gasteiger charge is 2.68. The summed E-state index contributed by atoms with van der Waals surface area (Å²) >= 11 is 0. The number of carbonyl (C=O) groups excluding carboxylic acids is 2. The topological polar surface area (TPSA) is 74.7 Å². The Morgan fingerprint density at radius 1 is 0.839 bits per heavy atom. The Bertz CT molecular complexity index is 1250. The number of benzene rings is 3. The highest BCUT2D eigenvalue weighted by atomic mass is 16.4. The molecule has 1 fully saturated rings. The van der Waals surface area contributed by atoms with E-state index < -0.39 is 17.3 Å². The van der Waals surface area contributed by atoms with Crippen LogP contribution in [0.5, 0.6) is 0 Å². The third kappa shape index (κ3) is 2.08. The van der Waals surface area contributed by atoms with Crippen LogP contribution in [0.1, 0.15) is 51.4 Å². The summed E-state index contributed by atoms with van der Waals surface area (Å²) in [6.45, 7) is 1.92. The van der Waals surface area contributed by atoms with Gasteiger partial charge in [-0.15, -0.1) is 0 Å². The van der Waals surface area contributed by atoms with Crippen molar-refractivity contribution >= 4 is 23.5 Å². The lowest BCUT2D eigenvalue weighted by molar-refractivity contribution is -0.128. The summed E-state index contributed by atoms with van der Waals surface area (Å²) < 4.78 is 0. The van der Waals surface area contributed by atoms with Crippen LogP contribution in [0.15, 0.2) is 72.8 Å². The molecule has 2 amide bonds. The number of amides is 2. The summed E-state index contributed by atoms with van der Waals surface area (Å²) in [6, 6.07) is 22.2. The molecular formula is C26H19NO4. The Balaban J connectivity index is 1.56. The van der Waals surface area contributed by atoms with Crippen LogP contribution in [0.25, 0.3) is 0 Å². The molecule has 0 saturated carbocycles. The minimum atomic E-state index is -1.05. The van der Waals surface area contributed by atoms with Gasteiger partial charge in [-0.25, -0.2) is 9.69 Å². The van der Waals surface area contributed by atoms with E-state index in [4.69, 9.17) is 0 Å². The van der Waals surface area contributed by atoms with Crippen LogP contribution in [-0.2, 0) is 9.59 Å². The monoisotopic (exact) mass is 409 g/mol. The fraction of sp³-hybridized carbons (Fsp3) is 0.192. The fourth-order valence-corrected chi connectivity index (χ4v) is 6.11. The number of nitrogens with zero attached hydrogens (tertiary/aromatic N) is 1. The first-order valence-corrected chi connectivity index (χ1v) is 10.3. The van der Waals surface area contributed by atoms with Gasteiger partial charge in [-0.1, -0.05) is 48.5 Å². The van der Waals surface area contributed by atoms with Gasteiger partial charge in [0.25, 0.3) is 0 Å². The minimum absolute atomic E-state index is 0.117. The maximum Gasteiger partial charge on any atom is 0.335 e. The van der Waals surface area contributed by atoms with Crippen LogP contribution in [0.3, 0.4) is 0 Å². The second-order valence-electron chi connectivity index (χ2n) is 8.76. The molecule has 152 valence electrons. The number of hydrogen-bond donors (Lipinski definition) is 1. The SMILES string of the molecule is C[C@]12C(=O)N(c3ccc(C(=O)O)cc3)C(=O)[C@@H]1C1c3ccccc3C2c2ccccc21. The number of hydrogen-bond acceptors (Lipinski definition) is 3. The number of carbonyl (C=O) groups is 3. The van der Waals surface area contributed by atoms with Gasteiger partial charge in [0.05, 0.1) is 22.6 Å². The van der Waals surface area contributed by atoms with E-state index in [2.05, 4.69) is 24.3 Å². The number of anilines is 1. The number of carboxylic acids is 1. The van der Waals surface area contributed by atoms with Crippen molar-refractivity contribution in [1.29, 1.82) is 0 Å². The predicted molar refractivity (Wildman–Crippen MR) is 114 cm³/mol. The molecule has 3 aromatic rings. The Morgan fingerprint density at radius 3 is 1.87 bits per heavy atom. The van der Waals surface area contributed by atoms with Crippen molar-refractivity contribution in [1.82, 2.24) is 0 Å². The average molecular weight is 409 g/mol. The zero-order valence-corrected chi connectivity index (χ0v) is 16.8. The van der Waals surface area contributed by atoms with Crippen LogP contribution in [0, 0.1) is 11.3 Å².